The Bertz CT molecular complexity index is 472. The molecule has 1 atom stereocenters. The minimum absolute atomic E-state index is 0.0987. The van der Waals surface area contributed by atoms with Gasteiger partial charge in [-0.15, -0.1) is 0 Å². The predicted octanol–water partition coefficient (Wildman–Crippen LogP) is 4.01. The number of aliphatic carboxylic acids is 1. The highest BCUT2D eigenvalue weighted by molar-refractivity contribution is 5.68. The Morgan fingerprint density at radius 3 is 2.43 bits per heavy atom. The molecule has 2 rings (SSSR count). The molecule has 3 heteroatoms. The second-order valence-electron chi connectivity index (χ2n) is 6.75. The Morgan fingerprint density at radius 1 is 1.33 bits per heavy atom. The van der Waals surface area contributed by atoms with Gasteiger partial charge in [0.15, 0.2) is 0 Å². The Morgan fingerprint density at radius 2 is 1.95 bits per heavy atom. The molecule has 1 aromatic rings. The summed E-state index contributed by atoms with van der Waals surface area (Å²) >= 11 is 0. The maximum Gasteiger partial charge on any atom is 0.303 e. The molecule has 1 N–H and O–H groups in total. The lowest BCUT2D eigenvalue weighted by molar-refractivity contribution is -0.137. The van der Waals surface area contributed by atoms with Crippen molar-refractivity contribution in [2.45, 2.75) is 57.5 Å². The fraction of sp³-hybridized carbons (Fsp3) is 0.611. The van der Waals surface area contributed by atoms with E-state index < -0.39 is 5.97 Å². The van der Waals surface area contributed by atoms with Crippen molar-refractivity contribution in [3.8, 4) is 0 Å². The number of ether oxygens (including phenoxy) is 1. The number of methoxy groups -OCH3 is 1. The summed E-state index contributed by atoms with van der Waals surface area (Å²) in [4.78, 5) is 11.0. The SMILES string of the molecule is COC(C)(C)CCc1ccc(C(CC(=O)O)C2CC2)cc1. The van der Waals surface area contributed by atoms with Gasteiger partial charge in [-0.3, -0.25) is 4.79 Å². The summed E-state index contributed by atoms with van der Waals surface area (Å²) in [6.07, 6.45) is 4.54. The molecule has 1 aliphatic carbocycles. The lowest BCUT2D eigenvalue weighted by Gasteiger charge is -2.22. The fourth-order valence-corrected chi connectivity index (χ4v) is 2.72. The lowest BCUT2D eigenvalue weighted by atomic mass is 9.89. The molecule has 0 aliphatic heterocycles. The number of carboxylic acids is 1. The summed E-state index contributed by atoms with van der Waals surface area (Å²) < 4.78 is 5.44. The molecule has 21 heavy (non-hydrogen) atoms. The number of aryl methyl sites for hydroxylation is 1. The molecule has 0 heterocycles. The first kappa shape index (κ1) is 16.0. The summed E-state index contributed by atoms with van der Waals surface area (Å²) in [5, 5.41) is 9.06. The molecule has 1 aliphatic rings. The lowest BCUT2D eigenvalue weighted by Crippen LogP contribution is -2.22. The van der Waals surface area contributed by atoms with Crippen molar-refractivity contribution >= 4 is 5.97 Å². The van der Waals surface area contributed by atoms with Gasteiger partial charge in [-0.2, -0.15) is 0 Å². The minimum atomic E-state index is -0.696. The van der Waals surface area contributed by atoms with Gasteiger partial charge in [-0.05, 0) is 62.5 Å². The first-order valence-electron chi connectivity index (χ1n) is 7.77. The van der Waals surface area contributed by atoms with Crippen LogP contribution in [0.1, 0.15) is 56.6 Å². The number of benzene rings is 1. The van der Waals surface area contributed by atoms with E-state index in [1.165, 1.54) is 24.0 Å². The van der Waals surface area contributed by atoms with Crippen LogP contribution >= 0.6 is 0 Å². The summed E-state index contributed by atoms with van der Waals surface area (Å²) in [6, 6.07) is 8.50. The van der Waals surface area contributed by atoms with E-state index in [1.807, 2.05) is 0 Å². The summed E-state index contributed by atoms with van der Waals surface area (Å²) in [5.74, 6) is 0.0594. The van der Waals surface area contributed by atoms with Crippen molar-refractivity contribution in [1.82, 2.24) is 0 Å². The summed E-state index contributed by atoms with van der Waals surface area (Å²) in [6.45, 7) is 4.19. The predicted molar refractivity (Wildman–Crippen MR) is 83.6 cm³/mol. The largest absolute Gasteiger partial charge is 0.481 e. The molecule has 1 saturated carbocycles. The molecular formula is C18H26O3. The summed E-state index contributed by atoms with van der Waals surface area (Å²) in [7, 11) is 1.75. The first-order valence-corrected chi connectivity index (χ1v) is 7.77. The Hall–Kier alpha value is -1.35. The molecule has 0 radical (unpaired) electrons. The van der Waals surface area contributed by atoms with Crippen LogP contribution in [0.15, 0.2) is 24.3 Å². The van der Waals surface area contributed by atoms with Crippen LogP contribution in [0.5, 0.6) is 0 Å². The average molecular weight is 290 g/mol. The molecule has 0 saturated heterocycles. The molecule has 0 spiro atoms. The Kier molecular flexibility index (Phi) is 5.04. The average Bonchev–Trinajstić information content (AvgIpc) is 3.28. The van der Waals surface area contributed by atoms with Gasteiger partial charge >= 0.3 is 5.97 Å². The normalized spacial score (nSPS) is 16.7. The van der Waals surface area contributed by atoms with Gasteiger partial charge in [0.25, 0.3) is 0 Å². The second kappa shape index (κ2) is 6.61. The van der Waals surface area contributed by atoms with Gasteiger partial charge in [-0.25, -0.2) is 0 Å². The van der Waals surface area contributed by atoms with E-state index in [2.05, 4.69) is 38.1 Å². The highest BCUT2D eigenvalue weighted by Crippen LogP contribution is 2.44. The highest BCUT2D eigenvalue weighted by Gasteiger charge is 2.33. The van der Waals surface area contributed by atoms with Crippen molar-refractivity contribution in [3.05, 3.63) is 35.4 Å². The third-order valence-electron chi connectivity index (χ3n) is 4.56. The van der Waals surface area contributed by atoms with Crippen LogP contribution in [0.2, 0.25) is 0 Å². The number of hydrogen-bond acceptors (Lipinski definition) is 2. The van der Waals surface area contributed by atoms with Crippen LogP contribution in [0.3, 0.4) is 0 Å². The van der Waals surface area contributed by atoms with Gasteiger partial charge in [0, 0.05) is 7.11 Å². The van der Waals surface area contributed by atoms with E-state index in [-0.39, 0.29) is 17.9 Å². The highest BCUT2D eigenvalue weighted by atomic mass is 16.5. The van der Waals surface area contributed by atoms with Crippen LogP contribution in [-0.2, 0) is 16.0 Å². The molecule has 1 aromatic carbocycles. The molecule has 3 nitrogen and oxygen atoms in total. The fourth-order valence-electron chi connectivity index (χ4n) is 2.72. The topological polar surface area (TPSA) is 46.5 Å². The van der Waals surface area contributed by atoms with Gasteiger partial charge < -0.3 is 9.84 Å². The van der Waals surface area contributed by atoms with E-state index in [4.69, 9.17) is 9.84 Å². The van der Waals surface area contributed by atoms with E-state index in [0.29, 0.717) is 5.92 Å². The molecule has 1 fully saturated rings. The zero-order valence-corrected chi connectivity index (χ0v) is 13.3. The maximum absolute atomic E-state index is 11.0. The maximum atomic E-state index is 11.0. The summed E-state index contributed by atoms with van der Waals surface area (Å²) in [5.41, 5.74) is 2.36. The third kappa shape index (κ3) is 4.85. The molecule has 116 valence electrons. The van der Waals surface area contributed by atoms with Gasteiger partial charge in [0.05, 0.1) is 12.0 Å². The number of carboxylic acid groups (broad SMARTS) is 1. The van der Waals surface area contributed by atoms with Crippen LogP contribution in [0, 0.1) is 5.92 Å². The molecular weight excluding hydrogens is 264 g/mol. The smallest absolute Gasteiger partial charge is 0.303 e. The van der Waals surface area contributed by atoms with Crippen LogP contribution in [-0.4, -0.2) is 23.8 Å². The van der Waals surface area contributed by atoms with Crippen molar-refractivity contribution in [1.29, 1.82) is 0 Å². The molecule has 0 aromatic heterocycles. The molecule has 1 unspecified atom stereocenters. The van der Waals surface area contributed by atoms with E-state index in [9.17, 15) is 4.79 Å². The van der Waals surface area contributed by atoms with Gasteiger partial charge in [0.1, 0.15) is 0 Å². The van der Waals surface area contributed by atoms with Crippen molar-refractivity contribution < 1.29 is 14.6 Å². The molecule has 0 bridgehead atoms. The number of carbonyl (C=O) groups is 1. The third-order valence-corrected chi connectivity index (χ3v) is 4.56. The minimum Gasteiger partial charge on any atom is -0.481 e. The van der Waals surface area contributed by atoms with Crippen LogP contribution in [0.4, 0.5) is 0 Å². The second-order valence-corrected chi connectivity index (χ2v) is 6.75. The zero-order valence-electron chi connectivity index (χ0n) is 13.3. The molecule has 0 amide bonds. The standard InChI is InChI=1S/C18H26O3/c1-18(2,21-3)11-10-13-4-6-14(7-5-13)16(12-17(19)20)15-8-9-15/h4-7,15-16H,8-12H2,1-3H3,(H,19,20). The van der Waals surface area contributed by atoms with Gasteiger partial charge in [0.2, 0.25) is 0 Å². The van der Waals surface area contributed by atoms with Crippen molar-refractivity contribution in [3.63, 3.8) is 0 Å². The van der Waals surface area contributed by atoms with E-state index in [1.54, 1.807) is 7.11 Å². The van der Waals surface area contributed by atoms with Crippen molar-refractivity contribution in [2.24, 2.45) is 5.92 Å². The van der Waals surface area contributed by atoms with E-state index >= 15 is 0 Å². The monoisotopic (exact) mass is 290 g/mol. The zero-order chi connectivity index (χ0) is 15.5. The van der Waals surface area contributed by atoms with Crippen LogP contribution in [0.25, 0.3) is 0 Å². The Balaban J connectivity index is 1.98. The number of hydrogen-bond donors (Lipinski definition) is 1. The van der Waals surface area contributed by atoms with E-state index in [0.717, 1.165) is 12.8 Å². The first-order chi connectivity index (χ1) is 9.91. The quantitative estimate of drug-likeness (QED) is 0.786. The van der Waals surface area contributed by atoms with Crippen LogP contribution < -0.4 is 0 Å². The van der Waals surface area contributed by atoms with Gasteiger partial charge in [-0.1, -0.05) is 24.3 Å². The van der Waals surface area contributed by atoms with Crippen molar-refractivity contribution in [2.75, 3.05) is 7.11 Å². The number of rotatable bonds is 8. The Labute approximate surface area is 127 Å².